The van der Waals surface area contributed by atoms with Gasteiger partial charge >= 0.3 is 5.97 Å². The molecule has 2 aromatic rings. The normalized spacial score (nSPS) is 12.0. The monoisotopic (exact) mass is 228 g/mol. The van der Waals surface area contributed by atoms with Crippen LogP contribution in [0.3, 0.4) is 0 Å². The quantitative estimate of drug-likeness (QED) is 0.786. The summed E-state index contributed by atoms with van der Waals surface area (Å²) >= 11 is 0. The number of aromatic nitrogens is 1. The Morgan fingerprint density at radius 3 is 2.47 bits per heavy atom. The molecule has 1 atom stereocenters. The Morgan fingerprint density at radius 1 is 1.18 bits per heavy atom. The number of rotatable bonds is 3. The number of carboxylic acid groups (broad SMARTS) is 1. The van der Waals surface area contributed by atoms with E-state index in [1.54, 1.807) is 48.7 Å². The molecule has 0 bridgehead atoms. The lowest BCUT2D eigenvalue weighted by atomic mass is 9.94. The Kier molecular flexibility index (Phi) is 3.05. The van der Waals surface area contributed by atoms with Crippen LogP contribution in [0.25, 0.3) is 0 Å². The number of aliphatic carboxylic acids is 1. The van der Waals surface area contributed by atoms with Gasteiger partial charge in [-0.1, -0.05) is 24.3 Å². The van der Waals surface area contributed by atoms with E-state index in [-0.39, 0.29) is 0 Å². The van der Waals surface area contributed by atoms with E-state index in [4.69, 9.17) is 5.73 Å². The number of para-hydroxylation sites is 1. The van der Waals surface area contributed by atoms with Crippen molar-refractivity contribution in [2.24, 2.45) is 0 Å². The summed E-state index contributed by atoms with van der Waals surface area (Å²) in [7, 11) is 0. The predicted octanol–water partition coefficient (Wildman–Crippen LogP) is 1.88. The second kappa shape index (κ2) is 4.65. The summed E-state index contributed by atoms with van der Waals surface area (Å²) in [4.78, 5) is 15.4. The SMILES string of the molecule is Nc1ccccc1C(C(=O)O)c1ccccn1. The fourth-order valence-electron chi connectivity index (χ4n) is 1.74. The van der Waals surface area contributed by atoms with Crippen molar-refractivity contribution < 1.29 is 9.90 Å². The minimum atomic E-state index is -0.957. The Balaban J connectivity index is 2.51. The van der Waals surface area contributed by atoms with Gasteiger partial charge in [0.15, 0.2) is 0 Å². The maximum Gasteiger partial charge on any atom is 0.317 e. The third kappa shape index (κ3) is 2.25. The Bertz CT molecular complexity index is 526. The number of nitrogen functional groups attached to an aromatic ring is 1. The number of anilines is 1. The lowest BCUT2D eigenvalue weighted by Gasteiger charge is -2.14. The summed E-state index contributed by atoms with van der Waals surface area (Å²) in [6, 6.07) is 12.1. The van der Waals surface area contributed by atoms with Crippen LogP contribution in [0.15, 0.2) is 48.7 Å². The van der Waals surface area contributed by atoms with Crippen LogP contribution >= 0.6 is 0 Å². The van der Waals surface area contributed by atoms with Gasteiger partial charge in [0.1, 0.15) is 5.92 Å². The zero-order chi connectivity index (χ0) is 12.3. The van der Waals surface area contributed by atoms with Gasteiger partial charge in [0, 0.05) is 11.9 Å². The third-order valence-electron chi connectivity index (χ3n) is 2.54. The van der Waals surface area contributed by atoms with Crippen LogP contribution < -0.4 is 5.73 Å². The van der Waals surface area contributed by atoms with E-state index in [9.17, 15) is 9.90 Å². The number of nitrogens with zero attached hydrogens (tertiary/aromatic N) is 1. The first kappa shape index (κ1) is 11.1. The van der Waals surface area contributed by atoms with Crippen molar-refractivity contribution in [3.8, 4) is 0 Å². The molecule has 0 aliphatic heterocycles. The number of carboxylic acids is 1. The van der Waals surface area contributed by atoms with Gasteiger partial charge in [-0.2, -0.15) is 0 Å². The number of benzene rings is 1. The molecule has 4 heteroatoms. The molecule has 0 aliphatic carbocycles. The van der Waals surface area contributed by atoms with E-state index in [2.05, 4.69) is 4.98 Å². The Morgan fingerprint density at radius 2 is 1.88 bits per heavy atom. The first-order chi connectivity index (χ1) is 8.20. The van der Waals surface area contributed by atoms with E-state index in [1.165, 1.54) is 0 Å². The van der Waals surface area contributed by atoms with Crippen LogP contribution in [0.5, 0.6) is 0 Å². The fraction of sp³-hybridized carbons (Fsp3) is 0.0769. The van der Waals surface area contributed by atoms with Crippen molar-refractivity contribution in [2.45, 2.75) is 5.92 Å². The number of pyridine rings is 1. The zero-order valence-corrected chi connectivity index (χ0v) is 9.08. The molecule has 0 saturated heterocycles. The van der Waals surface area contributed by atoms with Crippen LogP contribution in [-0.2, 0) is 4.79 Å². The average molecular weight is 228 g/mol. The lowest BCUT2D eigenvalue weighted by molar-refractivity contribution is -0.137. The van der Waals surface area contributed by atoms with Crippen molar-refractivity contribution in [1.82, 2.24) is 4.98 Å². The van der Waals surface area contributed by atoms with Gasteiger partial charge in [-0.15, -0.1) is 0 Å². The molecular weight excluding hydrogens is 216 g/mol. The van der Waals surface area contributed by atoms with Gasteiger partial charge in [-0.05, 0) is 23.8 Å². The maximum atomic E-state index is 11.4. The molecule has 86 valence electrons. The smallest absolute Gasteiger partial charge is 0.317 e. The second-order valence-corrected chi connectivity index (χ2v) is 3.65. The van der Waals surface area contributed by atoms with Gasteiger partial charge in [-0.3, -0.25) is 9.78 Å². The highest BCUT2D eigenvalue weighted by Gasteiger charge is 2.24. The molecule has 1 heterocycles. The van der Waals surface area contributed by atoms with Crippen molar-refractivity contribution in [3.63, 3.8) is 0 Å². The summed E-state index contributed by atoms with van der Waals surface area (Å²) in [6.45, 7) is 0. The molecule has 0 spiro atoms. The third-order valence-corrected chi connectivity index (χ3v) is 2.54. The number of nitrogens with two attached hydrogens (primary N) is 1. The predicted molar refractivity (Wildman–Crippen MR) is 64.6 cm³/mol. The van der Waals surface area contributed by atoms with E-state index < -0.39 is 11.9 Å². The molecule has 0 amide bonds. The minimum absolute atomic E-state index is 0.463. The molecule has 2 rings (SSSR count). The molecule has 0 radical (unpaired) electrons. The van der Waals surface area contributed by atoms with Gasteiger partial charge in [0.25, 0.3) is 0 Å². The van der Waals surface area contributed by atoms with Gasteiger partial charge in [0.05, 0.1) is 5.69 Å². The first-order valence-corrected chi connectivity index (χ1v) is 5.18. The van der Waals surface area contributed by atoms with Crippen molar-refractivity contribution in [2.75, 3.05) is 5.73 Å². The van der Waals surface area contributed by atoms with Gasteiger partial charge in [0.2, 0.25) is 0 Å². The number of hydrogen-bond donors (Lipinski definition) is 2. The van der Waals surface area contributed by atoms with Crippen LogP contribution in [0.4, 0.5) is 5.69 Å². The molecule has 1 aromatic heterocycles. The van der Waals surface area contributed by atoms with Gasteiger partial charge < -0.3 is 10.8 Å². The fourth-order valence-corrected chi connectivity index (χ4v) is 1.74. The molecule has 1 aromatic carbocycles. The van der Waals surface area contributed by atoms with E-state index in [1.807, 2.05) is 0 Å². The first-order valence-electron chi connectivity index (χ1n) is 5.18. The lowest BCUT2D eigenvalue weighted by Crippen LogP contribution is -2.15. The molecule has 0 aliphatic rings. The van der Waals surface area contributed by atoms with Gasteiger partial charge in [-0.25, -0.2) is 0 Å². The van der Waals surface area contributed by atoms with Crippen LogP contribution in [0.1, 0.15) is 17.2 Å². The topological polar surface area (TPSA) is 76.2 Å². The highest BCUT2D eigenvalue weighted by Crippen LogP contribution is 2.27. The Labute approximate surface area is 98.7 Å². The molecule has 0 fully saturated rings. The summed E-state index contributed by atoms with van der Waals surface area (Å²) in [5.74, 6) is -1.78. The van der Waals surface area contributed by atoms with E-state index in [0.717, 1.165) is 0 Å². The maximum absolute atomic E-state index is 11.4. The van der Waals surface area contributed by atoms with Crippen LogP contribution in [-0.4, -0.2) is 16.1 Å². The summed E-state index contributed by atoms with van der Waals surface area (Å²) in [5.41, 5.74) is 7.32. The van der Waals surface area contributed by atoms with E-state index in [0.29, 0.717) is 16.9 Å². The van der Waals surface area contributed by atoms with Crippen molar-refractivity contribution >= 4 is 11.7 Å². The van der Waals surface area contributed by atoms with E-state index >= 15 is 0 Å². The molecular formula is C13H12N2O2. The molecule has 4 nitrogen and oxygen atoms in total. The molecule has 3 N–H and O–H groups in total. The molecule has 0 saturated carbocycles. The summed E-state index contributed by atoms with van der Waals surface area (Å²) in [6.07, 6.45) is 1.57. The largest absolute Gasteiger partial charge is 0.480 e. The van der Waals surface area contributed by atoms with Crippen molar-refractivity contribution in [1.29, 1.82) is 0 Å². The summed E-state index contributed by atoms with van der Waals surface area (Å²) < 4.78 is 0. The highest BCUT2D eigenvalue weighted by molar-refractivity contribution is 5.82. The Hall–Kier alpha value is -2.36. The second-order valence-electron chi connectivity index (χ2n) is 3.65. The average Bonchev–Trinajstić information content (AvgIpc) is 2.33. The van der Waals surface area contributed by atoms with Crippen molar-refractivity contribution in [3.05, 3.63) is 59.9 Å². The number of hydrogen-bond acceptors (Lipinski definition) is 3. The van der Waals surface area contributed by atoms with Crippen LogP contribution in [0, 0.1) is 0 Å². The minimum Gasteiger partial charge on any atom is -0.480 e. The summed E-state index contributed by atoms with van der Waals surface area (Å²) in [5, 5.41) is 9.31. The zero-order valence-electron chi connectivity index (χ0n) is 9.08. The highest BCUT2D eigenvalue weighted by atomic mass is 16.4. The number of carbonyl (C=O) groups is 1. The molecule has 1 unspecified atom stereocenters. The molecule has 17 heavy (non-hydrogen) atoms. The van der Waals surface area contributed by atoms with Crippen LogP contribution in [0.2, 0.25) is 0 Å². The standard InChI is InChI=1S/C13H12N2O2/c14-10-6-2-1-5-9(10)12(13(16)17)11-7-3-4-8-15-11/h1-8,12H,14H2,(H,16,17).